The molecule has 0 bridgehead atoms. The van der Waals surface area contributed by atoms with Gasteiger partial charge in [0.15, 0.2) is 0 Å². The van der Waals surface area contributed by atoms with E-state index in [9.17, 15) is 9.90 Å². The fourth-order valence-corrected chi connectivity index (χ4v) is 2.64. The minimum Gasteiger partial charge on any atom is -0.478 e. The van der Waals surface area contributed by atoms with Crippen LogP contribution in [0.15, 0.2) is 12.7 Å². The molecule has 0 aliphatic rings. The standard InChI is InChI=1S/C18H38O.C3H4O2/c1-3-5-7-9-11-13-15-17-18(19)16-14-12-10-8-6-4-2;1-2-3(4)5/h18-19H,3-17H2,1-2H3;2H,1H2,(H,4,5). The summed E-state index contributed by atoms with van der Waals surface area (Å²) in [5.74, 6) is -0.981. The van der Waals surface area contributed by atoms with Crippen LogP contribution in [0.2, 0.25) is 0 Å². The second kappa shape index (κ2) is 22.2. The molecule has 1 atom stereocenters. The van der Waals surface area contributed by atoms with Gasteiger partial charge in [0.1, 0.15) is 0 Å². The Morgan fingerprint density at radius 3 is 1.38 bits per heavy atom. The minimum atomic E-state index is -0.981. The molecule has 24 heavy (non-hydrogen) atoms. The summed E-state index contributed by atoms with van der Waals surface area (Å²) >= 11 is 0. The van der Waals surface area contributed by atoms with E-state index in [2.05, 4.69) is 20.4 Å². The van der Waals surface area contributed by atoms with Crippen molar-refractivity contribution in [1.82, 2.24) is 0 Å². The zero-order valence-electron chi connectivity index (χ0n) is 16.3. The largest absolute Gasteiger partial charge is 0.478 e. The number of carbonyl (C=O) groups is 1. The van der Waals surface area contributed by atoms with E-state index in [4.69, 9.17) is 5.11 Å². The van der Waals surface area contributed by atoms with Crippen LogP contribution in [-0.4, -0.2) is 22.3 Å². The van der Waals surface area contributed by atoms with E-state index in [0.29, 0.717) is 0 Å². The predicted octanol–water partition coefficient (Wildman–Crippen LogP) is 6.50. The normalized spacial score (nSPS) is 11.5. The number of aliphatic hydroxyl groups is 1. The van der Waals surface area contributed by atoms with E-state index in [1.807, 2.05) is 0 Å². The summed E-state index contributed by atoms with van der Waals surface area (Å²) in [7, 11) is 0. The van der Waals surface area contributed by atoms with E-state index in [0.717, 1.165) is 18.9 Å². The number of carboxylic acid groups (broad SMARTS) is 1. The van der Waals surface area contributed by atoms with Gasteiger partial charge in [-0.05, 0) is 12.8 Å². The highest BCUT2D eigenvalue weighted by atomic mass is 16.4. The molecule has 0 radical (unpaired) electrons. The second-order valence-corrected chi connectivity index (χ2v) is 6.66. The third kappa shape index (κ3) is 26.1. The molecule has 0 saturated carbocycles. The Hall–Kier alpha value is -0.830. The number of hydrogen-bond acceptors (Lipinski definition) is 2. The predicted molar refractivity (Wildman–Crippen MR) is 104 cm³/mol. The maximum atomic E-state index is 9.89. The van der Waals surface area contributed by atoms with Crippen molar-refractivity contribution in [3.8, 4) is 0 Å². The average Bonchev–Trinajstić information content (AvgIpc) is 2.57. The van der Waals surface area contributed by atoms with Gasteiger partial charge in [0, 0.05) is 6.08 Å². The zero-order valence-corrected chi connectivity index (χ0v) is 16.3. The van der Waals surface area contributed by atoms with Gasteiger partial charge in [-0.15, -0.1) is 0 Å². The summed E-state index contributed by atoms with van der Waals surface area (Å²) in [5.41, 5.74) is 0. The Bertz CT molecular complexity index is 264. The first-order valence-electron chi connectivity index (χ1n) is 10.1. The van der Waals surface area contributed by atoms with Gasteiger partial charge in [-0.1, -0.05) is 104 Å². The van der Waals surface area contributed by atoms with Crippen molar-refractivity contribution in [2.45, 2.75) is 116 Å². The highest BCUT2D eigenvalue weighted by molar-refractivity contribution is 5.78. The van der Waals surface area contributed by atoms with Crippen LogP contribution in [0, 0.1) is 0 Å². The van der Waals surface area contributed by atoms with Crippen molar-refractivity contribution in [1.29, 1.82) is 0 Å². The number of rotatable bonds is 16. The smallest absolute Gasteiger partial charge is 0.327 e. The molecule has 3 heteroatoms. The maximum absolute atomic E-state index is 9.89. The van der Waals surface area contributed by atoms with Gasteiger partial charge in [0.25, 0.3) is 0 Å². The SMILES string of the molecule is C=CC(=O)O.CCCCCCCCCC(O)CCCCCCCC. The first-order chi connectivity index (χ1) is 11.6. The molecule has 0 heterocycles. The van der Waals surface area contributed by atoms with Crippen LogP contribution in [0.25, 0.3) is 0 Å². The molecule has 3 nitrogen and oxygen atoms in total. The summed E-state index contributed by atoms with van der Waals surface area (Å²) in [6, 6.07) is 0. The van der Waals surface area contributed by atoms with Gasteiger partial charge < -0.3 is 10.2 Å². The van der Waals surface area contributed by atoms with Gasteiger partial charge in [0.2, 0.25) is 0 Å². The molecule has 1 unspecified atom stereocenters. The van der Waals surface area contributed by atoms with E-state index >= 15 is 0 Å². The van der Waals surface area contributed by atoms with Crippen molar-refractivity contribution in [3.05, 3.63) is 12.7 Å². The Morgan fingerprint density at radius 1 is 0.792 bits per heavy atom. The summed E-state index contributed by atoms with van der Waals surface area (Å²) in [6.45, 7) is 7.48. The molecule has 0 aliphatic carbocycles. The van der Waals surface area contributed by atoms with E-state index in [1.165, 1.54) is 83.5 Å². The number of aliphatic carboxylic acids is 1. The minimum absolute atomic E-state index is 0.0261. The number of hydrogen-bond donors (Lipinski definition) is 2. The van der Waals surface area contributed by atoms with Gasteiger partial charge in [-0.3, -0.25) is 0 Å². The molecule has 0 aromatic heterocycles. The lowest BCUT2D eigenvalue weighted by Crippen LogP contribution is -2.05. The quantitative estimate of drug-likeness (QED) is 0.249. The average molecular weight is 343 g/mol. The van der Waals surface area contributed by atoms with Crippen molar-refractivity contribution >= 4 is 5.97 Å². The molecular formula is C21H42O3. The fraction of sp³-hybridized carbons (Fsp3) is 0.857. The fourth-order valence-electron chi connectivity index (χ4n) is 2.64. The highest BCUT2D eigenvalue weighted by Crippen LogP contribution is 2.14. The summed E-state index contributed by atoms with van der Waals surface area (Å²) in [4.78, 5) is 9.25. The lowest BCUT2D eigenvalue weighted by Gasteiger charge is -2.10. The van der Waals surface area contributed by atoms with Crippen LogP contribution in [0.3, 0.4) is 0 Å². The molecule has 0 fully saturated rings. The summed E-state index contributed by atoms with van der Waals surface area (Å²) < 4.78 is 0. The number of aliphatic hydroxyl groups excluding tert-OH is 1. The Kier molecular flexibility index (Phi) is 23.5. The molecule has 0 aromatic carbocycles. The zero-order chi connectivity index (χ0) is 18.5. The number of carboxylic acids is 1. The van der Waals surface area contributed by atoms with Crippen LogP contribution >= 0.6 is 0 Å². The molecule has 0 amide bonds. The van der Waals surface area contributed by atoms with Gasteiger partial charge >= 0.3 is 5.97 Å². The molecule has 144 valence electrons. The van der Waals surface area contributed by atoms with Crippen LogP contribution in [0.1, 0.15) is 110 Å². The van der Waals surface area contributed by atoms with E-state index in [1.54, 1.807) is 0 Å². The van der Waals surface area contributed by atoms with Gasteiger partial charge in [0.05, 0.1) is 6.10 Å². The van der Waals surface area contributed by atoms with Crippen LogP contribution < -0.4 is 0 Å². The Labute approximate surface area is 150 Å². The van der Waals surface area contributed by atoms with Crippen molar-refractivity contribution in [2.75, 3.05) is 0 Å². The molecule has 0 rings (SSSR count). The summed E-state index contributed by atoms with van der Waals surface area (Å²) in [6.07, 6.45) is 20.3. The molecule has 0 aliphatic heterocycles. The maximum Gasteiger partial charge on any atom is 0.327 e. The van der Waals surface area contributed by atoms with Crippen LogP contribution in [0.5, 0.6) is 0 Å². The van der Waals surface area contributed by atoms with Crippen LogP contribution in [-0.2, 0) is 4.79 Å². The van der Waals surface area contributed by atoms with Crippen molar-refractivity contribution < 1.29 is 15.0 Å². The highest BCUT2D eigenvalue weighted by Gasteiger charge is 2.03. The van der Waals surface area contributed by atoms with E-state index < -0.39 is 5.97 Å². The van der Waals surface area contributed by atoms with Gasteiger partial charge in [-0.25, -0.2) is 4.79 Å². The summed E-state index contributed by atoms with van der Waals surface area (Å²) in [5, 5.41) is 17.5. The number of unbranched alkanes of at least 4 members (excludes halogenated alkanes) is 11. The van der Waals surface area contributed by atoms with Crippen molar-refractivity contribution in [3.63, 3.8) is 0 Å². The lowest BCUT2D eigenvalue weighted by atomic mass is 10.0. The molecular weight excluding hydrogens is 300 g/mol. The molecule has 0 spiro atoms. The first kappa shape index (κ1) is 25.4. The van der Waals surface area contributed by atoms with Gasteiger partial charge in [-0.2, -0.15) is 0 Å². The third-order valence-corrected chi connectivity index (χ3v) is 4.21. The van der Waals surface area contributed by atoms with Crippen LogP contribution in [0.4, 0.5) is 0 Å². The molecule has 2 N–H and O–H groups in total. The lowest BCUT2D eigenvalue weighted by molar-refractivity contribution is -0.131. The second-order valence-electron chi connectivity index (χ2n) is 6.66. The van der Waals surface area contributed by atoms with Crippen molar-refractivity contribution in [2.24, 2.45) is 0 Å². The molecule has 0 aromatic rings. The topological polar surface area (TPSA) is 57.5 Å². The Balaban J connectivity index is 0. The monoisotopic (exact) mass is 342 g/mol. The van der Waals surface area contributed by atoms with E-state index in [-0.39, 0.29) is 6.10 Å². The Morgan fingerprint density at radius 2 is 1.08 bits per heavy atom. The third-order valence-electron chi connectivity index (χ3n) is 4.21. The molecule has 0 saturated heterocycles. The first-order valence-corrected chi connectivity index (χ1v) is 10.1.